The first-order chi connectivity index (χ1) is 8.56. The van der Waals surface area contributed by atoms with E-state index in [1.165, 1.54) is 4.88 Å². The van der Waals surface area contributed by atoms with Crippen molar-refractivity contribution in [2.75, 3.05) is 20.1 Å². The number of amides is 1. The molecule has 18 heavy (non-hydrogen) atoms. The van der Waals surface area contributed by atoms with Gasteiger partial charge in [-0.3, -0.25) is 9.69 Å². The second-order valence-electron chi connectivity index (χ2n) is 4.58. The monoisotopic (exact) mass is 269 g/mol. The molecule has 3 N–H and O–H groups in total. The molecule has 1 heterocycles. The van der Waals surface area contributed by atoms with Gasteiger partial charge < -0.3 is 11.1 Å². The van der Waals surface area contributed by atoms with Crippen molar-refractivity contribution in [2.24, 2.45) is 5.73 Å². The minimum Gasteiger partial charge on any atom is -0.355 e. The number of nitrogens with one attached hydrogen (secondary N) is 1. The van der Waals surface area contributed by atoms with Crippen LogP contribution in [0.3, 0.4) is 0 Å². The van der Waals surface area contributed by atoms with Crippen molar-refractivity contribution < 1.29 is 4.79 Å². The van der Waals surface area contributed by atoms with Crippen LogP contribution in [0.4, 0.5) is 0 Å². The average molecular weight is 269 g/mol. The molecule has 1 amide bonds. The molecule has 0 aliphatic heterocycles. The van der Waals surface area contributed by atoms with Crippen molar-refractivity contribution in [1.82, 2.24) is 10.2 Å². The molecule has 1 rings (SSSR count). The molecule has 5 heteroatoms. The Balaban J connectivity index is 2.61. The van der Waals surface area contributed by atoms with Crippen LogP contribution >= 0.6 is 11.3 Å². The second-order valence-corrected chi connectivity index (χ2v) is 5.56. The number of nitrogens with zero attached hydrogens (tertiary/aromatic N) is 1. The summed E-state index contributed by atoms with van der Waals surface area (Å²) in [5.74, 6) is 0.0570. The van der Waals surface area contributed by atoms with Gasteiger partial charge in [-0.15, -0.1) is 11.3 Å². The van der Waals surface area contributed by atoms with Crippen LogP contribution < -0.4 is 11.1 Å². The number of thiophene rings is 1. The molecule has 2 atom stereocenters. The molecule has 0 saturated carbocycles. The number of nitrogens with two attached hydrogens (primary N) is 1. The SMILES string of the molecule is CCCNC(=O)CN(C)C(c1cccs1)C(C)N. The number of rotatable bonds is 7. The number of hydrogen-bond donors (Lipinski definition) is 2. The van der Waals surface area contributed by atoms with E-state index in [0.29, 0.717) is 6.54 Å². The molecule has 0 aliphatic rings. The van der Waals surface area contributed by atoms with Gasteiger partial charge in [-0.2, -0.15) is 0 Å². The van der Waals surface area contributed by atoms with Gasteiger partial charge in [0.2, 0.25) is 5.91 Å². The summed E-state index contributed by atoms with van der Waals surface area (Å²) < 4.78 is 0. The molecule has 0 radical (unpaired) electrons. The van der Waals surface area contributed by atoms with Crippen molar-refractivity contribution in [2.45, 2.75) is 32.4 Å². The van der Waals surface area contributed by atoms with Crippen LogP contribution in [0.25, 0.3) is 0 Å². The highest BCUT2D eigenvalue weighted by Gasteiger charge is 2.23. The van der Waals surface area contributed by atoms with Crippen LogP contribution in [-0.2, 0) is 4.79 Å². The maximum atomic E-state index is 11.7. The smallest absolute Gasteiger partial charge is 0.234 e. The molecule has 102 valence electrons. The highest BCUT2D eigenvalue weighted by molar-refractivity contribution is 7.10. The minimum absolute atomic E-state index is 0.00683. The van der Waals surface area contributed by atoms with Crippen LogP contribution in [0.5, 0.6) is 0 Å². The Bertz CT molecular complexity index is 351. The van der Waals surface area contributed by atoms with E-state index in [4.69, 9.17) is 5.73 Å². The first kappa shape index (κ1) is 15.1. The van der Waals surface area contributed by atoms with E-state index in [1.54, 1.807) is 11.3 Å². The van der Waals surface area contributed by atoms with Gasteiger partial charge in [-0.05, 0) is 31.8 Å². The second kappa shape index (κ2) is 7.51. The molecular weight excluding hydrogens is 246 g/mol. The zero-order valence-corrected chi connectivity index (χ0v) is 12.2. The van der Waals surface area contributed by atoms with E-state index in [0.717, 1.165) is 13.0 Å². The fourth-order valence-corrected chi connectivity index (χ4v) is 2.99. The van der Waals surface area contributed by atoms with Gasteiger partial charge in [0.1, 0.15) is 0 Å². The number of hydrogen-bond acceptors (Lipinski definition) is 4. The van der Waals surface area contributed by atoms with Crippen molar-refractivity contribution >= 4 is 17.2 Å². The third-order valence-electron chi connectivity index (χ3n) is 2.77. The van der Waals surface area contributed by atoms with Crippen LogP contribution in [-0.4, -0.2) is 37.0 Å². The molecular formula is C13H23N3OS. The van der Waals surface area contributed by atoms with E-state index in [-0.39, 0.29) is 18.0 Å². The first-order valence-corrected chi connectivity index (χ1v) is 7.20. The van der Waals surface area contributed by atoms with Gasteiger partial charge in [-0.1, -0.05) is 13.0 Å². The van der Waals surface area contributed by atoms with Gasteiger partial charge in [0.15, 0.2) is 0 Å². The summed E-state index contributed by atoms with van der Waals surface area (Å²) in [6.07, 6.45) is 0.955. The topological polar surface area (TPSA) is 58.4 Å². The van der Waals surface area contributed by atoms with Gasteiger partial charge in [-0.25, -0.2) is 0 Å². The summed E-state index contributed by atoms with van der Waals surface area (Å²) >= 11 is 1.68. The van der Waals surface area contributed by atoms with Crippen LogP contribution in [0.1, 0.15) is 31.2 Å². The molecule has 0 aliphatic carbocycles. The minimum atomic E-state index is -0.00683. The molecule has 0 fully saturated rings. The van der Waals surface area contributed by atoms with Gasteiger partial charge in [0, 0.05) is 17.5 Å². The lowest BCUT2D eigenvalue weighted by atomic mass is 10.1. The van der Waals surface area contributed by atoms with Crippen molar-refractivity contribution in [1.29, 1.82) is 0 Å². The maximum absolute atomic E-state index is 11.7. The van der Waals surface area contributed by atoms with Gasteiger partial charge in [0.25, 0.3) is 0 Å². The summed E-state index contributed by atoms with van der Waals surface area (Å²) in [7, 11) is 1.94. The molecule has 4 nitrogen and oxygen atoms in total. The maximum Gasteiger partial charge on any atom is 0.234 e. The van der Waals surface area contributed by atoms with Crippen molar-refractivity contribution in [3.63, 3.8) is 0 Å². The predicted molar refractivity (Wildman–Crippen MR) is 76.6 cm³/mol. The molecule has 1 aromatic heterocycles. The Morgan fingerprint density at radius 1 is 1.61 bits per heavy atom. The molecule has 0 spiro atoms. The number of carbonyl (C=O) groups excluding carboxylic acids is 1. The number of likely N-dealkylation sites (N-methyl/N-ethyl adjacent to an activating group) is 1. The zero-order chi connectivity index (χ0) is 13.5. The van der Waals surface area contributed by atoms with E-state index >= 15 is 0 Å². The fourth-order valence-electron chi connectivity index (χ4n) is 1.98. The van der Waals surface area contributed by atoms with Crippen LogP contribution in [0.15, 0.2) is 17.5 Å². The molecule has 0 bridgehead atoms. The zero-order valence-electron chi connectivity index (χ0n) is 11.3. The highest BCUT2D eigenvalue weighted by Crippen LogP contribution is 2.26. The lowest BCUT2D eigenvalue weighted by molar-refractivity contribution is -0.122. The Labute approximate surface area is 113 Å². The fraction of sp³-hybridized carbons (Fsp3) is 0.615. The molecule has 2 unspecified atom stereocenters. The Kier molecular flexibility index (Phi) is 6.32. The molecule has 0 aromatic carbocycles. The van der Waals surface area contributed by atoms with E-state index < -0.39 is 0 Å². The summed E-state index contributed by atoms with van der Waals surface area (Å²) in [6, 6.07) is 4.17. The lowest BCUT2D eigenvalue weighted by Gasteiger charge is -2.29. The Morgan fingerprint density at radius 3 is 2.83 bits per heavy atom. The first-order valence-electron chi connectivity index (χ1n) is 6.32. The van der Waals surface area contributed by atoms with E-state index in [2.05, 4.69) is 11.4 Å². The third-order valence-corrected chi connectivity index (χ3v) is 3.72. The van der Waals surface area contributed by atoms with Crippen molar-refractivity contribution in [3.8, 4) is 0 Å². The normalized spacial score (nSPS) is 14.5. The summed E-state index contributed by atoms with van der Waals surface area (Å²) in [5, 5.41) is 4.92. The average Bonchev–Trinajstić information content (AvgIpc) is 2.79. The Morgan fingerprint density at radius 2 is 2.33 bits per heavy atom. The van der Waals surface area contributed by atoms with Gasteiger partial charge in [0.05, 0.1) is 12.6 Å². The highest BCUT2D eigenvalue weighted by atomic mass is 32.1. The largest absolute Gasteiger partial charge is 0.355 e. The summed E-state index contributed by atoms with van der Waals surface area (Å²) in [4.78, 5) is 14.9. The predicted octanol–water partition coefficient (Wildman–Crippen LogP) is 1.59. The summed E-state index contributed by atoms with van der Waals surface area (Å²) in [6.45, 7) is 5.13. The summed E-state index contributed by atoms with van der Waals surface area (Å²) in [5.41, 5.74) is 6.04. The molecule has 1 aromatic rings. The van der Waals surface area contributed by atoms with E-state index in [9.17, 15) is 4.79 Å². The number of carbonyl (C=O) groups is 1. The molecule has 0 saturated heterocycles. The van der Waals surface area contributed by atoms with Crippen LogP contribution in [0, 0.1) is 0 Å². The van der Waals surface area contributed by atoms with E-state index in [1.807, 2.05) is 37.2 Å². The van der Waals surface area contributed by atoms with Crippen molar-refractivity contribution in [3.05, 3.63) is 22.4 Å². The van der Waals surface area contributed by atoms with Crippen LogP contribution in [0.2, 0.25) is 0 Å². The standard InChI is InChI=1S/C13H23N3OS/c1-4-7-15-12(17)9-16(3)13(10(2)14)11-6-5-8-18-11/h5-6,8,10,13H,4,7,9,14H2,1-3H3,(H,15,17). The Hall–Kier alpha value is -0.910. The van der Waals surface area contributed by atoms with Gasteiger partial charge >= 0.3 is 0 Å². The lowest BCUT2D eigenvalue weighted by Crippen LogP contribution is -2.42. The third kappa shape index (κ3) is 4.40. The quantitative estimate of drug-likeness (QED) is 0.790.